The van der Waals surface area contributed by atoms with E-state index < -0.39 is 12.2 Å². The molecule has 2 unspecified atom stereocenters. The first-order chi connectivity index (χ1) is 7.54. The quantitative estimate of drug-likeness (QED) is 0.693. The Bertz CT molecular complexity index is 311. The average molecular weight is 225 g/mol. The molecule has 0 radical (unpaired) electrons. The summed E-state index contributed by atoms with van der Waals surface area (Å²) in [6, 6.07) is 6.98. The Balaban J connectivity index is 2.70. The van der Waals surface area contributed by atoms with Crippen LogP contribution in [0.3, 0.4) is 0 Å². The molecule has 0 heterocycles. The first-order valence-electron chi connectivity index (χ1n) is 5.37. The Labute approximate surface area is 95.7 Å². The highest BCUT2D eigenvalue weighted by molar-refractivity contribution is 5.29. The molecule has 0 aromatic heterocycles. The van der Waals surface area contributed by atoms with Gasteiger partial charge in [0.25, 0.3) is 0 Å². The number of aliphatic hydroxyl groups excluding tert-OH is 2. The van der Waals surface area contributed by atoms with Crippen molar-refractivity contribution in [3.05, 3.63) is 29.8 Å². The molecule has 0 saturated carbocycles. The van der Waals surface area contributed by atoms with Gasteiger partial charge in [0.1, 0.15) is 11.9 Å². The summed E-state index contributed by atoms with van der Waals surface area (Å²) in [7, 11) is 0. The molecule has 2 atom stereocenters. The minimum absolute atomic E-state index is 0.0331. The van der Waals surface area contributed by atoms with Crippen molar-refractivity contribution in [3.63, 3.8) is 0 Å². The molecule has 1 aromatic carbocycles. The lowest BCUT2D eigenvalue weighted by atomic mass is 10.0. The summed E-state index contributed by atoms with van der Waals surface area (Å²) in [5.41, 5.74) is 5.90. The Morgan fingerprint density at radius 1 is 1.19 bits per heavy atom. The third-order valence-corrected chi connectivity index (χ3v) is 2.20. The zero-order chi connectivity index (χ0) is 12.1. The topological polar surface area (TPSA) is 75.7 Å². The highest BCUT2D eigenvalue weighted by atomic mass is 16.5. The molecule has 0 spiro atoms. The third-order valence-electron chi connectivity index (χ3n) is 2.20. The number of benzene rings is 1. The van der Waals surface area contributed by atoms with Gasteiger partial charge in [0, 0.05) is 6.54 Å². The molecule has 90 valence electrons. The summed E-state index contributed by atoms with van der Waals surface area (Å²) in [4.78, 5) is 0. The highest BCUT2D eigenvalue weighted by Gasteiger charge is 2.16. The van der Waals surface area contributed by atoms with E-state index in [0.717, 1.165) is 5.75 Å². The second-order valence-corrected chi connectivity index (χ2v) is 3.98. The van der Waals surface area contributed by atoms with Crippen LogP contribution in [0.4, 0.5) is 0 Å². The van der Waals surface area contributed by atoms with Crippen molar-refractivity contribution < 1.29 is 14.9 Å². The van der Waals surface area contributed by atoms with Gasteiger partial charge in [-0.15, -0.1) is 0 Å². The molecule has 4 heteroatoms. The summed E-state index contributed by atoms with van der Waals surface area (Å²) in [5, 5.41) is 19.1. The molecule has 16 heavy (non-hydrogen) atoms. The van der Waals surface area contributed by atoms with Crippen LogP contribution in [0.15, 0.2) is 24.3 Å². The Kier molecular flexibility index (Phi) is 4.73. The van der Waals surface area contributed by atoms with Crippen LogP contribution < -0.4 is 10.5 Å². The van der Waals surface area contributed by atoms with Crippen LogP contribution in [0.5, 0.6) is 5.75 Å². The average Bonchev–Trinajstić information content (AvgIpc) is 2.27. The predicted octanol–water partition coefficient (Wildman–Crippen LogP) is 0.827. The molecule has 1 rings (SSSR count). The maximum atomic E-state index is 9.69. The van der Waals surface area contributed by atoms with Crippen LogP contribution in [-0.4, -0.2) is 29.0 Å². The van der Waals surface area contributed by atoms with Crippen LogP contribution in [0.25, 0.3) is 0 Å². The van der Waals surface area contributed by atoms with E-state index in [1.54, 1.807) is 24.3 Å². The maximum Gasteiger partial charge on any atom is 0.119 e. The molecule has 0 fully saturated rings. The number of rotatable bonds is 5. The lowest BCUT2D eigenvalue weighted by Crippen LogP contribution is -2.27. The summed E-state index contributed by atoms with van der Waals surface area (Å²) in [5.74, 6) is 0.744. The van der Waals surface area contributed by atoms with E-state index in [9.17, 15) is 10.2 Å². The number of hydrogen-bond acceptors (Lipinski definition) is 4. The van der Waals surface area contributed by atoms with Gasteiger partial charge in [0.2, 0.25) is 0 Å². The highest BCUT2D eigenvalue weighted by Crippen LogP contribution is 2.20. The lowest BCUT2D eigenvalue weighted by Gasteiger charge is -2.17. The molecule has 0 amide bonds. The Hall–Kier alpha value is -1.10. The molecule has 0 aliphatic rings. The van der Waals surface area contributed by atoms with E-state index in [1.165, 1.54) is 0 Å². The Morgan fingerprint density at radius 3 is 2.19 bits per heavy atom. The fourth-order valence-corrected chi connectivity index (χ4v) is 1.37. The van der Waals surface area contributed by atoms with Crippen molar-refractivity contribution >= 4 is 0 Å². The molecular formula is C12H19NO3. The monoisotopic (exact) mass is 225 g/mol. The molecule has 0 aliphatic carbocycles. The van der Waals surface area contributed by atoms with Crippen LogP contribution >= 0.6 is 0 Å². The molecule has 1 aromatic rings. The van der Waals surface area contributed by atoms with Gasteiger partial charge in [0.05, 0.1) is 12.2 Å². The first kappa shape index (κ1) is 13.0. The van der Waals surface area contributed by atoms with Crippen molar-refractivity contribution in [2.24, 2.45) is 5.73 Å². The third kappa shape index (κ3) is 3.48. The molecule has 0 aliphatic heterocycles. The predicted molar refractivity (Wildman–Crippen MR) is 62.2 cm³/mol. The van der Waals surface area contributed by atoms with E-state index in [4.69, 9.17) is 10.5 Å². The largest absolute Gasteiger partial charge is 0.491 e. The van der Waals surface area contributed by atoms with Gasteiger partial charge in [-0.05, 0) is 31.5 Å². The Morgan fingerprint density at radius 2 is 1.75 bits per heavy atom. The van der Waals surface area contributed by atoms with Gasteiger partial charge in [-0.1, -0.05) is 12.1 Å². The molecule has 0 bridgehead atoms. The zero-order valence-electron chi connectivity index (χ0n) is 9.63. The molecule has 4 N–H and O–H groups in total. The van der Waals surface area contributed by atoms with Crippen LogP contribution in [-0.2, 0) is 0 Å². The van der Waals surface area contributed by atoms with E-state index in [1.807, 2.05) is 13.8 Å². The fraction of sp³-hybridized carbons (Fsp3) is 0.500. The van der Waals surface area contributed by atoms with Crippen LogP contribution in [0.2, 0.25) is 0 Å². The molecule has 0 saturated heterocycles. The summed E-state index contributed by atoms with van der Waals surface area (Å²) >= 11 is 0. The van der Waals surface area contributed by atoms with E-state index in [0.29, 0.717) is 5.56 Å². The summed E-state index contributed by atoms with van der Waals surface area (Å²) in [6.07, 6.45) is -1.76. The minimum atomic E-state index is -0.946. The zero-order valence-corrected chi connectivity index (χ0v) is 9.63. The SMILES string of the molecule is CC(C)Oc1ccc(C(O)C(O)CN)cc1. The van der Waals surface area contributed by atoms with Gasteiger partial charge >= 0.3 is 0 Å². The molecule has 4 nitrogen and oxygen atoms in total. The normalized spacial score (nSPS) is 14.9. The van der Waals surface area contributed by atoms with Crippen LogP contribution in [0.1, 0.15) is 25.5 Å². The van der Waals surface area contributed by atoms with Crippen molar-refractivity contribution in [1.29, 1.82) is 0 Å². The van der Waals surface area contributed by atoms with E-state index >= 15 is 0 Å². The number of aliphatic hydroxyl groups is 2. The number of ether oxygens (including phenoxy) is 1. The molecular weight excluding hydrogens is 206 g/mol. The number of hydrogen-bond donors (Lipinski definition) is 3. The second kappa shape index (κ2) is 5.84. The first-order valence-corrected chi connectivity index (χ1v) is 5.37. The number of nitrogens with two attached hydrogens (primary N) is 1. The minimum Gasteiger partial charge on any atom is -0.491 e. The van der Waals surface area contributed by atoms with Crippen molar-refractivity contribution in [1.82, 2.24) is 0 Å². The van der Waals surface area contributed by atoms with Gasteiger partial charge in [-0.2, -0.15) is 0 Å². The summed E-state index contributed by atoms with van der Waals surface area (Å²) in [6.45, 7) is 3.92. The fourth-order valence-electron chi connectivity index (χ4n) is 1.37. The van der Waals surface area contributed by atoms with Crippen molar-refractivity contribution in [3.8, 4) is 5.75 Å². The summed E-state index contributed by atoms with van der Waals surface area (Å²) < 4.78 is 5.47. The van der Waals surface area contributed by atoms with E-state index in [2.05, 4.69) is 0 Å². The van der Waals surface area contributed by atoms with E-state index in [-0.39, 0.29) is 12.6 Å². The standard InChI is InChI=1S/C12H19NO3/c1-8(2)16-10-5-3-9(4-6-10)12(15)11(14)7-13/h3-6,8,11-12,14-15H,7,13H2,1-2H3. The maximum absolute atomic E-state index is 9.69. The van der Waals surface area contributed by atoms with Gasteiger partial charge in [0.15, 0.2) is 0 Å². The van der Waals surface area contributed by atoms with Crippen molar-refractivity contribution in [2.45, 2.75) is 32.2 Å². The second-order valence-electron chi connectivity index (χ2n) is 3.98. The smallest absolute Gasteiger partial charge is 0.119 e. The van der Waals surface area contributed by atoms with Crippen LogP contribution in [0, 0.1) is 0 Å². The van der Waals surface area contributed by atoms with Gasteiger partial charge in [-0.25, -0.2) is 0 Å². The van der Waals surface area contributed by atoms with Gasteiger partial charge in [-0.3, -0.25) is 0 Å². The van der Waals surface area contributed by atoms with Crippen molar-refractivity contribution in [2.75, 3.05) is 6.54 Å². The lowest BCUT2D eigenvalue weighted by molar-refractivity contribution is 0.0243. The van der Waals surface area contributed by atoms with Gasteiger partial charge < -0.3 is 20.7 Å².